The molecule has 2 nitrogen and oxygen atoms in total. The molecule has 4 heteroatoms. The molecular formula is C18H19BrFNO. The summed E-state index contributed by atoms with van der Waals surface area (Å²) in [4.78, 5) is 12.2. The number of nitrogens with one attached hydrogen (secondary N) is 1. The Morgan fingerprint density at radius 2 is 1.68 bits per heavy atom. The highest BCUT2D eigenvalue weighted by atomic mass is 79.9. The maximum Gasteiger partial charge on any atom is 0.164 e. The van der Waals surface area contributed by atoms with E-state index in [0.717, 1.165) is 4.47 Å². The van der Waals surface area contributed by atoms with E-state index < -0.39 is 0 Å². The van der Waals surface area contributed by atoms with Gasteiger partial charge in [-0.1, -0.05) is 28.1 Å². The van der Waals surface area contributed by atoms with Crippen LogP contribution in [-0.4, -0.2) is 11.8 Å². The van der Waals surface area contributed by atoms with E-state index in [2.05, 4.69) is 40.3 Å². The minimum atomic E-state index is -0.327. The van der Waals surface area contributed by atoms with Crippen LogP contribution in [0.25, 0.3) is 0 Å². The fourth-order valence-electron chi connectivity index (χ4n) is 2.37. The van der Waals surface area contributed by atoms with Crippen molar-refractivity contribution in [2.45, 2.75) is 32.4 Å². The molecule has 0 saturated carbocycles. The lowest BCUT2D eigenvalue weighted by atomic mass is 10.0. The van der Waals surface area contributed by atoms with E-state index >= 15 is 0 Å². The summed E-state index contributed by atoms with van der Waals surface area (Å²) in [5.74, 6) is -0.311. The van der Waals surface area contributed by atoms with E-state index in [-0.39, 0.29) is 23.7 Å². The van der Waals surface area contributed by atoms with E-state index in [1.807, 2.05) is 19.1 Å². The van der Waals surface area contributed by atoms with Crippen LogP contribution in [0.15, 0.2) is 53.0 Å². The van der Waals surface area contributed by atoms with Crippen LogP contribution < -0.4 is 5.32 Å². The zero-order chi connectivity index (χ0) is 16.1. The summed E-state index contributed by atoms with van der Waals surface area (Å²) in [6.07, 6.45) is 0.381. The predicted octanol–water partition coefficient (Wildman–Crippen LogP) is 4.90. The third-order valence-corrected chi connectivity index (χ3v) is 4.09. The molecule has 2 aromatic carbocycles. The van der Waals surface area contributed by atoms with Crippen molar-refractivity contribution in [1.29, 1.82) is 0 Å². The summed E-state index contributed by atoms with van der Waals surface area (Å²) >= 11 is 3.42. The molecule has 0 aliphatic rings. The molecule has 1 N–H and O–H groups in total. The molecule has 22 heavy (non-hydrogen) atoms. The number of carbonyl (C=O) groups is 1. The molecule has 2 rings (SSSR count). The predicted molar refractivity (Wildman–Crippen MR) is 90.5 cm³/mol. The van der Waals surface area contributed by atoms with E-state index in [1.54, 1.807) is 0 Å². The molecule has 0 spiro atoms. The minimum Gasteiger partial charge on any atom is -0.307 e. The Morgan fingerprint density at radius 3 is 2.27 bits per heavy atom. The molecular weight excluding hydrogens is 345 g/mol. The van der Waals surface area contributed by atoms with Gasteiger partial charge in [0.2, 0.25) is 0 Å². The number of hydrogen-bond acceptors (Lipinski definition) is 2. The van der Waals surface area contributed by atoms with Gasteiger partial charge in [0, 0.05) is 28.5 Å². The highest BCUT2D eigenvalue weighted by Gasteiger charge is 2.14. The molecule has 0 heterocycles. The van der Waals surface area contributed by atoms with Crippen LogP contribution in [0, 0.1) is 5.82 Å². The second-order valence-electron chi connectivity index (χ2n) is 5.48. The topological polar surface area (TPSA) is 29.1 Å². The summed E-state index contributed by atoms with van der Waals surface area (Å²) in [6, 6.07) is 14.0. The molecule has 0 aliphatic heterocycles. The Morgan fingerprint density at radius 1 is 1.09 bits per heavy atom. The SMILES string of the molecule is CC(CC(=O)c1ccc(F)cc1)N[C@@H](C)c1ccc(Br)cc1. The van der Waals surface area contributed by atoms with E-state index in [1.165, 1.54) is 29.8 Å². The number of halogens is 2. The van der Waals surface area contributed by atoms with Crippen molar-refractivity contribution < 1.29 is 9.18 Å². The summed E-state index contributed by atoms with van der Waals surface area (Å²) in [6.45, 7) is 4.05. The lowest BCUT2D eigenvalue weighted by Crippen LogP contribution is -2.31. The minimum absolute atomic E-state index is 0.0167. The Balaban J connectivity index is 1.91. The second kappa shape index (κ2) is 7.65. The average Bonchev–Trinajstić information content (AvgIpc) is 2.48. The molecule has 0 amide bonds. The van der Waals surface area contributed by atoms with Gasteiger partial charge in [-0.15, -0.1) is 0 Å². The first kappa shape index (κ1) is 16.8. The molecule has 0 radical (unpaired) electrons. The van der Waals surface area contributed by atoms with E-state index in [0.29, 0.717) is 12.0 Å². The van der Waals surface area contributed by atoms with E-state index in [4.69, 9.17) is 0 Å². The monoisotopic (exact) mass is 363 g/mol. The smallest absolute Gasteiger partial charge is 0.164 e. The summed E-state index contributed by atoms with van der Waals surface area (Å²) in [5.41, 5.74) is 1.72. The van der Waals surface area contributed by atoms with Crippen molar-refractivity contribution in [3.63, 3.8) is 0 Å². The molecule has 2 aromatic rings. The third-order valence-electron chi connectivity index (χ3n) is 3.56. The van der Waals surface area contributed by atoms with Crippen LogP contribution in [0.5, 0.6) is 0 Å². The van der Waals surface area contributed by atoms with Gasteiger partial charge in [0.25, 0.3) is 0 Å². The molecule has 2 atom stereocenters. The van der Waals surface area contributed by atoms with E-state index in [9.17, 15) is 9.18 Å². The van der Waals surface area contributed by atoms with Crippen LogP contribution in [-0.2, 0) is 0 Å². The highest BCUT2D eigenvalue weighted by Crippen LogP contribution is 2.18. The van der Waals surface area contributed by atoms with Gasteiger partial charge in [0.1, 0.15) is 5.82 Å². The van der Waals surface area contributed by atoms with Crippen LogP contribution in [0.1, 0.15) is 42.2 Å². The number of Topliss-reactive ketones (excluding diaryl/α,β-unsaturated/α-hetero) is 1. The zero-order valence-corrected chi connectivity index (χ0v) is 14.2. The normalized spacial score (nSPS) is 13.6. The van der Waals surface area contributed by atoms with Crippen molar-refractivity contribution >= 4 is 21.7 Å². The summed E-state index contributed by atoms with van der Waals surface area (Å²) in [5, 5.41) is 3.42. The van der Waals surface area contributed by atoms with Crippen LogP contribution in [0.3, 0.4) is 0 Å². The van der Waals surface area contributed by atoms with Gasteiger partial charge in [0.05, 0.1) is 0 Å². The first-order chi connectivity index (χ1) is 10.5. The maximum absolute atomic E-state index is 12.9. The van der Waals surface area contributed by atoms with Crippen molar-refractivity contribution in [3.8, 4) is 0 Å². The van der Waals surface area contributed by atoms with Crippen LogP contribution >= 0.6 is 15.9 Å². The summed E-state index contributed by atoms with van der Waals surface area (Å²) in [7, 11) is 0. The number of rotatable bonds is 6. The quantitative estimate of drug-likeness (QED) is 0.739. The van der Waals surface area contributed by atoms with Crippen molar-refractivity contribution in [2.75, 3.05) is 0 Å². The largest absolute Gasteiger partial charge is 0.307 e. The molecule has 0 saturated heterocycles. The lowest BCUT2D eigenvalue weighted by Gasteiger charge is -2.20. The zero-order valence-electron chi connectivity index (χ0n) is 12.6. The van der Waals surface area contributed by atoms with Crippen molar-refractivity contribution in [2.24, 2.45) is 0 Å². The molecule has 0 aliphatic carbocycles. The lowest BCUT2D eigenvalue weighted by molar-refractivity contribution is 0.0970. The first-order valence-electron chi connectivity index (χ1n) is 7.26. The van der Waals surface area contributed by atoms with Gasteiger partial charge < -0.3 is 5.32 Å². The second-order valence-corrected chi connectivity index (χ2v) is 6.39. The summed E-state index contributed by atoms with van der Waals surface area (Å²) < 4.78 is 13.9. The van der Waals surface area contributed by atoms with Gasteiger partial charge in [-0.3, -0.25) is 4.79 Å². The standard InChI is InChI=1S/C18H19BrFNO/c1-12(11-18(22)15-5-9-17(20)10-6-15)21-13(2)14-3-7-16(19)8-4-14/h3-10,12-13,21H,11H2,1-2H3/t12?,13-/m0/s1. The molecule has 0 bridgehead atoms. The van der Waals surface area contributed by atoms with Crippen LogP contribution in [0.2, 0.25) is 0 Å². The average molecular weight is 364 g/mol. The fraction of sp³-hybridized carbons (Fsp3) is 0.278. The molecule has 1 unspecified atom stereocenters. The Hall–Kier alpha value is -1.52. The van der Waals surface area contributed by atoms with Gasteiger partial charge >= 0.3 is 0 Å². The van der Waals surface area contributed by atoms with Crippen molar-refractivity contribution in [3.05, 3.63) is 69.9 Å². The fourth-order valence-corrected chi connectivity index (χ4v) is 2.63. The van der Waals surface area contributed by atoms with Gasteiger partial charge in [0.15, 0.2) is 5.78 Å². The van der Waals surface area contributed by atoms with Gasteiger partial charge in [-0.2, -0.15) is 0 Å². The number of ketones is 1. The van der Waals surface area contributed by atoms with Gasteiger partial charge in [-0.05, 0) is 55.8 Å². The number of hydrogen-bond donors (Lipinski definition) is 1. The Kier molecular flexibility index (Phi) is 5.86. The van der Waals surface area contributed by atoms with Crippen molar-refractivity contribution in [1.82, 2.24) is 5.32 Å². The maximum atomic E-state index is 12.9. The Labute approximate surface area is 138 Å². The molecule has 0 aromatic heterocycles. The number of carbonyl (C=O) groups excluding carboxylic acids is 1. The van der Waals surface area contributed by atoms with Gasteiger partial charge in [-0.25, -0.2) is 4.39 Å². The third kappa shape index (κ3) is 4.75. The molecule has 116 valence electrons. The number of benzene rings is 2. The molecule has 0 fully saturated rings. The van der Waals surface area contributed by atoms with Crippen LogP contribution in [0.4, 0.5) is 4.39 Å². The Bertz CT molecular complexity index is 625. The first-order valence-corrected chi connectivity index (χ1v) is 8.05. The highest BCUT2D eigenvalue weighted by molar-refractivity contribution is 9.10.